The molecular weight excluding hydrogens is 230 g/mol. The van der Waals surface area contributed by atoms with Crippen molar-refractivity contribution in [1.82, 2.24) is 4.98 Å². The smallest absolute Gasteiger partial charge is 0.360 e. The van der Waals surface area contributed by atoms with Crippen LogP contribution in [-0.4, -0.2) is 28.9 Å². The largest absolute Gasteiger partial charge is 0.476 e. The Morgan fingerprint density at radius 2 is 2.43 bits per heavy atom. The maximum absolute atomic E-state index is 10.6. The molecule has 0 aliphatic rings. The van der Waals surface area contributed by atoms with E-state index in [9.17, 15) is 4.79 Å². The first kappa shape index (κ1) is 12.7. The summed E-state index contributed by atoms with van der Waals surface area (Å²) < 4.78 is 0. The Balaban J connectivity index is 0.00000169. The highest BCUT2D eigenvalue weighted by Crippen LogP contribution is 2.12. The van der Waals surface area contributed by atoms with E-state index in [0.717, 1.165) is 11.3 Å². The first-order chi connectivity index (χ1) is 6.15. The number of nitrogens with two attached hydrogens (primary N) is 1. The lowest BCUT2D eigenvalue weighted by Gasteiger charge is -1.94. The lowest BCUT2D eigenvalue weighted by atomic mass is 10.3. The molecule has 0 aliphatic carbocycles. The van der Waals surface area contributed by atoms with Crippen LogP contribution in [0.25, 0.3) is 0 Å². The number of aliphatic carboxylic acids is 1. The lowest BCUT2D eigenvalue weighted by Crippen LogP contribution is -2.15. The molecule has 0 aliphatic heterocycles. The van der Waals surface area contributed by atoms with Gasteiger partial charge in [0, 0.05) is 5.38 Å². The number of nitrogens with zero attached hydrogens (tertiary/aromatic N) is 2. The highest BCUT2D eigenvalue weighted by Gasteiger charge is 2.16. The minimum Gasteiger partial charge on any atom is -0.476 e. The van der Waals surface area contributed by atoms with Crippen LogP contribution in [0.2, 0.25) is 0 Å². The molecule has 0 radical (unpaired) electrons. The Morgan fingerprint density at radius 3 is 2.79 bits per heavy atom. The molecule has 0 saturated carbocycles. The fourth-order valence-electron chi connectivity index (χ4n) is 0.683. The van der Waals surface area contributed by atoms with Crippen molar-refractivity contribution in [3.05, 3.63) is 11.1 Å². The number of thiazole rings is 1. The second-order valence-corrected chi connectivity index (χ2v) is 2.89. The molecule has 1 rings (SSSR count). The third-order valence-corrected chi connectivity index (χ3v) is 1.82. The minimum atomic E-state index is -1.20. The van der Waals surface area contributed by atoms with Crippen molar-refractivity contribution < 1.29 is 14.7 Å². The van der Waals surface area contributed by atoms with Crippen LogP contribution < -0.4 is 5.73 Å². The minimum absolute atomic E-state index is 0. The Labute approximate surface area is 89.8 Å². The number of carboxylic acids is 1. The van der Waals surface area contributed by atoms with E-state index in [0.29, 0.717) is 5.13 Å². The summed E-state index contributed by atoms with van der Waals surface area (Å²) in [6, 6.07) is 0. The summed E-state index contributed by atoms with van der Waals surface area (Å²) in [6.45, 7) is 0. The summed E-state index contributed by atoms with van der Waals surface area (Å²) in [4.78, 5) is 18.7. The van der Waals surface area contributed by atoms with Crippen LogP contribution in [-0.2, 0) is 9.63 Å². The number of oxime groups is 1. The Bertz CT molecular complexity index is 352. The monoisotopic (exact) mass is 237 g/mol. The van der Waals surface area contributed by atoms with E-state index >= 15 is 0 Å². The van der Waals surface area contributed by atoms with Crippen molar-refractivity contribution in [2.24, 2.45) is 5.16 Å². The average molecular weight is 238 g/mol. The molecule has 0 saturated heterocycles. The summed E-state index contributed by atoms with van der Waals surface area (Å²) in [5.74, 6) is -1.20. The maximum Gasteiger partial charge on any atom is 0.360 e. The molecule has 78 valence electrons. The van der Waals surface area contributed by atoms with E-state index in [1.807, 2.05) is 0 Å². The first-order valence-electron chi connectivity index (χ1n) is 3.21. The molecular formula is C6H8ClN3O3S. The number of rotatable bonds is 3. The molecule has 6 nitrogen and oxygen atoms in total. The standard InChI is InChI=1S/C6H7N3O3S.ClH/c1-12-9-4(5(10)11)3-2-13-6(7)8-3;/h2H,1H3,(H2,7,8)(H,10,11);1H/b9-4-;. The number of carboxylic acid groups (broad SMARTS) is 1. The van der Waals surface area contributed by atoms with Crippen molar-refractivity contribution in [1.29, 1.82) is 0 Å². The molecule has 0 amide bonds. The SMILES string of the molecule is CO/N=C(\C(=O)O)c1csc(N)n1.Cl. The number of nitrogen functional groups attached to an aromatic ring is 1. The van der Waals surface area contributed by atoms with Crippen LogP contribution >= 0.6 is 23.7 Å². The third-order valence-electron chi connectivity index (χ3n) is 1.15. The molecule has 0 spiro atoms. The van der Waals surface area contributed by atoms with Crippen molar-refractivity contribution in [2.75, 3.05) is 12.8 Å². The summed E-state index contributed by atoms with van der Waals surface area (Å²) in [6.07, 6.45) is 0. The van der Waals surface area contributed by atoms with E-state index in [2.05, 4.69) is 15.0 Å². The van der Waals surface area contributed by atoms with Crippen molar-refractivity contribution in [3.63, 3.8) is 0 Å². The second kappa shape index (κ2) is 5.40. The second-order valence-electron chi connectivity index (χ2n) is 2.00. The molecule has 0 bridgehead atoms. The molecule has 0 fully saturated rings. The van der Waals surface area contributed by atoms with Crippen LogP contribution in [0.15, 0.2) is 10.5 Å². The number of hydrogen-bond acceptors (Lipinski definition) is 6. The van der Waals surface area contributed by atoms with Crippen molar-refractivity contribution >= 4 is 40.6 Å². The Kier molecular flexibility index (Phi) is 4.89. The summed E-state index contributed by atoms with van der Waals surface area (Å²) in [5.41, 5.74) is 5.28. The summed E-state index contributed by atoms with van der Waals surface area (Å²) in [5, 5.41) is 13.8. The number of aromatic nitrogens is 1. The van der Waals surface area contributed by atoms with Gasteiger partial charge in [-0.25, -0.2) is 9.78 Å². The van der Waals surface area contributed by atoms with Gasteiger partial charge in [0.2, 0.25) is 5.71 Å². The van der Waals surface area contributed by atoms with Gasteiger partial charge in [0.25, 0.3) is 0 Å². The average Bonchev–Trinajstić information content (AvgIpc) is 2.46. The topological polar surface area (TPSA) is 97.8 Å². The van der Waals surface area contributed by atoms with Crippen LogP contribution in [0.1, 0.15) is 5.69 Å². The van der Waals surface area contributed by atoms with Crippen molar-refractivity contribution in [3.8, 4) is 0 Å². The first-order valence-corrected chi connectivity index (χ1v) is 4.09. The van der Waals surface area contributed by atoms with E-state index in [-0.39, 0.29) is 23.8 Å². The highest BCUT2D eigenvalue weighted by atomic mass is 35.5. The predicted octanol–water partition coefficient (Wildman–Crippen LogP) is 0.582. The number of anilines is 1. The Hall–Kier alpha value is -1.34. The number of carbonyl (C=O) groups is 1. The fourth-order valence-corrected chi connectivity index (χ4v) is 1.23. The van der Waals surface area contributed by atoms with Gasteiger partial charge in [-0.1, -0.05) is 5.16 Å². The van der Waals surface area contributed by atoms with Crippen LogP contribution in [0, 0.1) is 0 Å². The number of hydrogen-bond donors (Lipinski definition) is 2. The maximum atomic E-state index is 10.6. The van der Waals surface area contributed by atoms with Gasteiger partial charge in [-0.3, -0.25) is 0 Å². The molecule has 1 aromatic rings. The van der Waals surface area contributed by atoms with Gasteiger partial charge in [-0.2, -0.15) is 0 Å². The van der Waals surface area contributed by atoms with Gasteiger partial charge in [-0.15, -0.1) is 23.7 Å². The lowest BCUT2D eigenvalue weighted by molar-refractivity contribution is -0.129. The molecule has 3 N–H and O–H groups in total. The normalized spacial score (nSPS) is 10.5. The van der Waals surface area contributed by atoms with Crippen LogP contribution in [0.5, 0.6) is 0 Å². The van der Waals surface area contributed by atoms with E-state index < -0.39 is 5.97 Å². The van der Waals surface area contributed by atoms with E-state index in [1.165, 1.54) is 12.5 Å². The Morgan fingerprint density at radius 1 is 1.79 bits per heavy atom. The molecule has 1 aromatic heterocycles. The van der Waals surface area contributed by atoms with Gasteiger partial charge in [-0.05, 0) is 0 Å². The molecule has 14 heavy (non-hydrogen) atoms. The zero-order chi connectivity index (χ0) is 9.84. The zero-order valence-electron chi connectivity index (χ0n) is 7.13. The van der Waals surface area contributed by atoms with E-state index in [4.69, 9.17) is 10.8 Å². The van der Waals surface area contributed by atoms with Gasteiger partial charge >= 0.3 is 5.97 Å². The summed E-state index contributed by atoms with van der Waals surface area (Å²) in [7, 11) is 1.26. The molecule has 0 aromatic carbocycles. The molecule has 0 unspecified atom stereocenters. The molecule has 0 atom stereocenters. The fraction of sp³-hybridized carbons (Fsp3) is 0.167. The molecule has 1 heterocycles. The number of halogens is 1. The van der Waals surface area contributed by atoms with Gasteiger partial charge < -0.3 is 15.7 Å². The summed E-state index contributed by atoms with van der Waals surface area (Å²) >= 11 is 1.14. The highest BCUT2D eigenvalue weighted by molar-refractivity contribution is 7.13. The predicted molar refractivity (Wildman–Crippen MR) is 55.0 cm³/mol. The van der Waals surface area contributed by atoms with Crippen molar-refractivity contribution in [2.45, 2.75) is 0 Å². The zero-order valence-corrected chi connectivity index (χ0v) is 8.76. The van der Waals surface area contributed by atoms with E-state index in [1.54, 1.807) is 0 Å². The quantitative estimate of drug-likeness (QED) is 0.592. The van der Waals surface area contributed by atoms with Crippen LogP contribution in [0.4, 0.5) is 5.13 Å². The van der Waals surface area contributed by atoms with Gasteiger partial charge in [0.05, 0.1) is 0 Å². The molecule has 8 heteroatoms. The van der Waals surface area contributed by atoms with Gasteiger partial charge in [0.15, 0.2) is 5.13 Å². The van der Waals surface area contributed by atoms with Crippen LogP contribution in [0.3, 0.4) is 0 Å². The van der Waals surface area contributed by atoms with Gasteiger partial charge in [0.1, 0.15) is 12.8 Å². The third kappa shape index (κ3) is 2.86.